The number of benzene rings is 1. The summed E-state index contributed by atoms with van der Waals surface area (Å²) in [6.07, 6.45) is 1.65. The molecule has 23 heavy (non-hydrogen) atoms. The molecule has 2 aromatic rings. The molecule has 0 radical (unpaired) electrons. The number of nitrogens with two attached hydrogens (primary N) is 1. The molecule has 0 aliphatic carbocycles. The Bertz CT molecular complexity index is 885. The van der Waals surface area contributed by atoms with E-state index in [9.17, 15) is 13.2 Å². The molecule has 1 aromatic heterocycles. The summed E-state index contributed by atoms with van der Waals surface area (Å²) in [7, 11) is -3.70. The number of primary amides is 1. The second-order valence-corrected chi connectivity index (χ2v) is 8.80. The van der Waals surface area contributed by atoms with Crippen molar-refractivity contribution in [1.29, 1.82) is 0 Å². The third kappa shape index (κ3) is 2.74. The standard InChI is InChI=1S/C16H18N2O3S2/c1-10-5-6-13-12(8-10)4-3-7-18(13)23(20,21)15-9-14(16(17)19)22-11(15)2/h5-6,8-9H,3-4,7H2,1-2H3,(H2,17,19). The normalized spacial score (nSPS) is 14.6. The first-order chi connectivity index (χ1) is 10.8. The van der Waals surface area contributed by atoms with Crippen molar-refractivity contribution in [3.05, 3.63) is 45.1 Å². The Morgan fingerprint density at radius 1 is 1.26 bits per heavy atom. The quantitative estimate of drug-likeness (QED) is 0.924. The zero-order chi connectivity index (χ0) is 16.8. The summed E-state index contributed by atoms with van der Waals surface area (Å²) in [6.45, 7) is 4.14. The van der Waals surface area contributed by atoms with Gasteiger partial charge in [-0.1, -0.05) is 17.7 Å². The number of nitrogens with zero attached hydrogens (tertiary/aromatic N) is 1. The lowest BCUT2D eigenvalue weighted by atomic mass is 10.0. The second kappa shape index (κ2) is 5.65. The van der Waals surface area contributed by atoms with Crippen LogP contribution in [-0.4, -0.2) is 20.9 Å². The number of amides is 1. The van der Waals surface area contributed by atoms with Crippen LogP contribution >= 0.6 is 11.3 Å². The highest BCUT2D eigenvalue weighted by Gasteiger charge is 2.31. The molecule has 0 fully saturated rings. The van der Waals surface area contributed by atoms with Crippen molar-refractivity contribution in [2.75, 3.05) is 10.8 Å². The number of anilines is 1. The largest absolute Gasteiger partial charge is 0.365 e. The molecule has 2 heterocycles. The second-order valence-electron chi connectivity index (χ2n) is 5.71. The van der Waals surface area contributed by atoms with Gasteiger partial charge in [0.2, 0.25) is 0 Å². The molecule has 5 nitrogen and oxygen atoms in total. The Morgan fingerprint density at radius 2 is 2.00 bits per heavy atom. The lowest BCUT2D eigenvalue weighted by Crippen LogP contribution is -2.35. The van der Waals surface area contributed by atoms with Gasteiger partial charge in [-0.25, -0.2) is 8.42 Å². The highest BCUT2D eigenvalue weighted by Crippen LogP contribution is 2.35. The van der Waals surface area contributed by atoms with Crippen molar-refractivity contribution in [3.8, 4) is 0 Å². The first kappa shape index (κ1) is 16.0. The minimum absolute atomic E-state index is 0.171. The van der Waals surface area contributed by atoms with Gasteiger partial charge in [0.05, 0.1) is 10.6 Å². The molecule has 0 spiro atoms. The Morgan fingerprint density at radius 3 is 2.65 bits per heavy atom. The summed E-state index contributed by atoms with van der Waals surface area (Å²) in [6, 6.07) is 7.20. The third-order valence-corrected chi connectivity index (χ3v) is 7.13. The van der Waals surface area contributed by atoms with Gasteiger partial charge in [0.15, 0.2) is 0 Å². The monoisotopic (exact) mass is 350 g/mol. The number of hydrogen-bond donors (Lipinski definition) is 1. The molecule has 3 rings (SSSR count). The molecule has 0 unspecified atom stereocenters. The van der Waals surface area contributed by atoms with E-state index in [2.05, 4.69) is 0 Å². The number of aryl methyl sites for hydroxylation is 3. The lowest BCUT2D eigenvalue weighted by Gasteiger charge is -2.30. The van der Waals surface area contributed by atoms with Crippen molar-refractivity contribution < 1.29 is 13.2 Å². The fraction of sp³-hybridized carbons (Fsp3) is 0.312. The van der Waals surface area contributed by atoms with E-state index in [1.807, 2.05) is 25.1 Å². The van der Waals surface area contributed by atoms with Crippen LogP contribution in [0.15, 0.2) is 29.2 Å². The molecule has 1 aliphatic heterocycles. The van der Waals surface area contributed by atoms with Crippen LogP contribution in [0.3, 0.4) is 0 Å². The van der Waals surface area contributed by atoms with Gasteiger partial charge >= 0.3 is 0 Å². The van der Waals surface area contributed by atoms with E-state index in [4.69, 9.17) is 5.73 Å². The van der Waals surface area contributed by atoms with E-state index in [-0.39, 0.29) is 9.77 Å². The molecule has 0 saturated carbocycles. The number of carbonyl (C=O) groups excluding carboxylic acids is 1. The average molecular weight is 350 g/mol. The van der Waals surface area contributed by atoms with E-state index >= 15 is 0 Å². The molecule has 0 atom stereocenters. The van der Waals surface area contributed by atoms with Crippen molar-refractivity contribution in [3.63, 3.8) is 0 Å². The van der Waals surface area contributed by atoms with E-state index in [1.165, 1.54) is 10.4 Å². The zero-order valence-electron chi connectivity index (χ0n) is 13.0. The van der Waals surface area contributed by atoms with Gasteiger partial charge < -0.3 is 5.73 Å². The van der Waals surface area contributed by atoms with Crippen LogP contribution < -0.4 is 10.0 Å². The molecule has 2 N–H and O–H groups in total. The Labute approximate surface area is 139 Å². The van der Waals surface area contributed by atoms with Gasteiger partial charge in [0, 0.05) is 11.4 Å². The van der Waals surface area contributed by atoms with E-state index in [0.29, 0.717) is 11.4 Å². The third-order valence-electron chi connectivity index (χ3n) is 3.99. The van der Waals surface area contributed by atoms with Crippen LogP contribution in [0, 0.1) is 13.8 Å². The first-order valence-electron chi connectivity index (χ1n) is 7.33. The molecule has 1 aliphatic rings. The van der Waals surface area contributed by atoms with Gasteiger partial charge in [-0.2, -0.15) is 0 Å². The number of rotatable bonds is 3. The molecule has 1 aromatic carbocycles. The highest BCUT2D eigenvalue weighted by atomic mass is 32.2. The van der Waals surface area contributed by atoms with Gasteiger partial charge in [-0.05, 0) is 44.4 Å². The predicted molar refractivity (Wildman–Crippen MR) is 91.6 cm³/mol. The average Bonchev–Trinajstić information content (AvgIpc) is 2.89. The number of hydrogen-bond acceptors (Lipinski definition) is 4. The maximum atomic E-state index is 13.1. The summed E-state index contributed by atoms with van der Waals surface area (Å²) in [5, 5.41) is 0. The smallest absolute Gasteiger partial charge is 0.265 e. The fourth-order valence-electron chi connectivity index (χ4n) is 2.90. The van der Waals surface area contributed by atoms with E-state index in [1.54, 1.807) is 6.92 Å². The van der Waals surface area contributed by atoms with Gasteiger partial charge in [-0.15, -0.1) is 11.3 Å². The van der Waals surface area contributed by atoms with Crippen molar-refractivity contribution in [1.82, 2.24) is 0 Å². The highest BCUT2D eigenvalue weighted by molar-refractivity contribution is 7.93. The molecular weight excluding hydrogens is 332 g/mol. The van der Waals surface area contributed by atoms with Crippen molar-refractivity contribution in [2.24, 2.45) is 5.73 Å². The number of fused-ring (bicyclic) bond motifs is 1. The Balaban J connectivity index is 2.10. The minimum Gasteiger partial charge on any atom is -0.365 e. The van der Waals surface area contributed by atoms with Crippen molar-refractivity contribution in [2.45, 2.75) is 31.6 Å². The lowest BCUT2D eigenvalue weighted by molar-refractivity contribution is 0.100. The Hall–Kier alpha value is -1.86. The molecule has 7 heteroatoms. The number of sulfonamides is 1. The Kier molecular flexibility index (Phi) is 3.93. The van der Waals surface area contributed by atoms with Crippen molar-refractivity contribution >= 4 is 33.0 Å². The fourth-order valence-corrected chi connectivity index (χ4v) is 5.86. The molecule has 0 saturated heterocycles. The summed E-state index contributed by atoms with van der Waals surface area (Å²) in [5.74, 6) is -0.603. The van der Waals surface area contributed by atoms with Crippen LogP contribution in [-0.2, 0) is 16.4 Å². The molecule has 122 valence electrons. The van der Waals surface area contributed by atoms with Crippen LogP contribution in [0.4, 0.5) is 5.69 Å². The van der Waals surface area contributed by atoms with Gasteiger partial charge in [0.1, 0.15) is 4.90 Å². The van der Waals surface area contributed by atoms with Crippen LogP contribution in [0.25, 0.3) is 0 Å². The van der Waals surface area contributed by atoms with Crippen LogP contribution in [0.1, 0.15) is 32.1 Å². The maximum absolute atomic E-state index is 13.1. The topological polar surface area (TPSA) is 80.5 Å². The van der Waals surface area contributed by atoms with Crippen LogP contribution in [0.5, 0.6) is 0 Å². The number of carbonyl (C=O) groups is 1. The SMILES string of the molecule is Cc1ccc2c(c1)CCCN2S(=O)(=O)c1cc(C(N)=O)sc1C. The van der Waals surface area contributed by atoms with E-state index in [0.717, 1.165) is 41.0 Å². The maximum Gasteiger partial charge on any atom is 0.265 e. The van der Waals surface area contributed by atoms with Gasteiger partial charge in [0.25, 0.3) is 15.9 Å². The summed E-state index contributed by atoms with van der Waals surface area (Å²) < 4.78 is 27.6. The first-order valence-corrected chi connectivity index (χ1v) is 9.59. The zero-order valence-corrected chi connectivity index (χ0v) is 14.6. The minimum atomic E-state index is -3.70. The summed E-state index contributed by atoms with van der Waals surface area (Å²) in [4.78, 5) is 12.3. The summed E-state index contributed by atoms with van der Waals surface area (Å²) >= 11 is 1.12. The van der Waals surface area contributed by atoms with Crippen LogP contribution in [0.2, 0.25) is 0 Å². The van der Waals surface area contributed by atoms with Gasteiger partial charge in [-0.3, -0.25) is 9.10 Å². The molecule has 1 amide bonds. The number of thiophene rings is 1. The molecular formula is C16H18N2O3S2. The summed E-state index contributed by atoms with van der Waals surface area (Å²) in [5.41, 5.74) is 8.16. The predicted octanol–water partition coefficient (Wildman–Crippen LogP) is 2.61. The van der Waals surface area contributed by atoms with E-state index < -0.39 is 15.9 Å². The molecule has 0 bridgehead atoms.